The number of nitrogens with zero attached hydrogens (tertiary/aromatic N) is 1. The molecule has 120 valence electrons. The molecule has 6 nitrogen and oxygen atoms in total. The number of amides is 1. The molecule has 0 bridgehead atoms. The van der Waals surface area contributed by atoms with Gasteiger partial charge in [-0.25, -0.2) is 4.99 Å². The van der Waals surface area contributed by atoms with Crippen molar-refractivity contribution in [3.05, 3.63) is 29.8 Å². The van der Waals surface area contributed by atoms with Crippen molar-refractivity contribution >= 4 is 17.6 Å². The Morgan fingerprint density at radius 1 is 1.50 bits per heavy atom. The minimum absolute atomic E-state index is 0.000704. The number of guanidine groups is 1. The zero-order valence-corrected chi connectivity index (χ0v) is 13.0. The number of anilines is 1. The molecule has 2 rings (SSSR count). The number of nitrogens with two attached hydrogens (primary N) is 1. The molecule has 1 unspecified atom stereocenters. The number of carbonyl (C=O) groups excluding carboxylic acids is 1. The molecule has 0 saturated carbocycles. The van der Waals surface area contributed by atoms with Gasteiger partial charge < -0.3 is 21.1 Å². The SMILES string of the molecule is CCc1cccc(NC(=O)CN=C(N)NCC2CCCO2)c1. The number of nitrogens with one attached hydrogen (secondary N) is 2. The third-order valence-electron chi connectivity index (χ3n) is 3.55. The Kier molecular flexibility index (Phi) is 6.21. The summed E-state index contributed by atoms with van der Waals surface area (Å²) in [7, 11) is 0. The summed E-state index contributed by atoms with van der Waals surface area (Å²) in [4.78, 5) is 15.9. The van der Waals surface area contributed by atoms with E-state index in [0.717, 1.165) is 31.6 Å². The second kappa shape index (κ2) is 8.38. The first kappa shape index (κ1) is 16.3. The van der Waals surface area contributed by atoms with E-state index in [-0.39, 0.29) is 24.5 Å². The maximum atomic E-state index is 11.9. The average Bonchev–Trinajstić information content (AvgIpc) is 3.04. The lowest BCUT2D eigenvalue weighted by Gasteiger charge is -2.11. The van der Waals surface area contributed by atoms with Crippen LogP contribution in [0.5, 0.6) is 0 Å². The summed E-state index contributed by atoms with van der Waals surface area (Å²) in [5, 5.41) is 5.80. The van der Waals surface area contributed by atoms with Crippen molar-refractivity contribution in [2.45, 2.75) is 32.3 Å². The highest BCUT2D eigenvalue weighted by atomic mass is 16.5. The smallest absolute Gasteiger partial charge is 0.246 e. The summed E-state index contributed by atoms with van der Waals surface area (Å²) >= 11 is 0. The standard InChI is InChI=1S/C16H24N4O2/c1-2-12-5-3-6-13(9-12)20-15(21)11-19-16(17)18-10-14-7-4-8-22-14/h3,5-6,9,14H,2,4,7-8,10-11H2,1H3,(H,20,21)(H3,17,18,19). The third-order valence-corrected chi connectivity index (χ3v) is 3.55. The Morgan fingerprint density at radius 2 is 2.36 bits per heavy atom. The number of benzene rings is 1. The summed E-state index contributed by atoms with van der Waals surface area (Å²) < 4.78 is 5.48. The van der Waals surface area contributed by atoms with E-state index in [0.29, 0.717) is 6.54 Å². The summed E-state index contributed by atoms with van der Waals surface area (Å²) in [6.07, 6.45) is 3.25. The molecule has 4 N–H and O–H groups in total. The molecule has 1 heterocycles. The van der Waals surface area contributed by atoms with Crippen molar-refractivity contribution in [2.24, 2.45) is 10.7 Å². The first-order chi connectivity index (χ1) is 10.7. The number of aryl methyl sites for hydroxylation is 1. The number of hydrogen-bond donors (Lipinski definition) is 3. The molecule has 0 aromatic heterocycles. The van der Waals surface area contributed by atoms with Gasteiger partial charge in [-0.1, -0.05) is 19.1 Å². The zero-order valence-electron chi connectivity index (χ0n) is 13.0. The van der Waals surface area contributed by atoms with Crippen molar-refractivity contribution in [1.82, 2.24) is 5.32 Å². The highest BCUT2D eigenvalue weighted by Crippen LogP contribution is 2.11. The van der Waals surface area contributed by atoms with Gasteiger partial charge in [-0.05, 0) is 37.0 Å². The second-order valence-electron chi connectivity index (χ2n) is 5.32. The molecule has 0 spiro atoms. The van der Waals surface area contributed by atoms with E-state index >= 15 is 0 Å². The van der Waals surface area contributed by atoms with Crippen LogP contribution in [0.3, 0.4) is 0 Å². The van der Waals surface area contributed by atoms with Gasteiger partial charge in [0.2, 0.25) is 5.91 Å². The summed E-state index contributed by atoms with van der Waals surface area (Å²) in [6, 6.07) is 7.77. The zero-order chi connectivity index (χ0) is 15.8. The van der Waals surface area contributed by atoms with Crippen molar-refractivity contribution in [1.29, 1.82) is 0 Å². The van der Waals surface area contributed by atoms with Crippen LogP contribution in [0.4, 0.5) is 5.69 Å². The fourth-order valence-corrected chi connectivity index (χ4v) is 2.31. The van der Waals surface area contributed by atoms with Crippen molar-refractivity contribution in [3.8, 4) is 0 Å². The van der Waals surface area contributed by atoms with E-state index in [9.17, 15) is 4.79 Å². The maximum absolute atomic E-state index is 11.9. The molecular weight excluding hydrogens is 280 g/mol. The van der Waals surface area contributed by atoms with E-state index < -0.39 is 0 Å². The molecule has 0 aliphatic carbocycles. The Bertz CT molecular complexity index is 525. The minimum atomic E-state index is -0.185. The molecule has 1 aromatic rings. The molecule has 1 aliphatic heterocycles. The fourth-order valence-electron chi connectivity index (χ4n) is 2.31. The van der Waals surface area contributed by atoms with E-state index in [1.165, 1.54) is 5.56 Å². The molecule has 1 aliphatic rings. The summed E-state index contributed by atoms with van der Waals surface area (Å²) in [5.41, 5.74) is 7.70. The van der Waals surface area contributed by atoms with E-state index in [2.05, 4.69) is 22.5 Å². The lowest BCUT2D eigenvalue weighted by molar-refractivity contribution is -0.114. The van der Waals surface area contributed by atoms with Crippen LogP contribution in [-0.2, 0) is 16.0 Å². The van der Waals surface area contributed by atoms with Crippen molar-refractivity contribution in [3.63, 3.8) is 0 Å². The molecule has 1 atom stereocenters. The third kappa shape index (κ3) is 5.37. The highest BCUT2D eigenvalue weighted by Gasteiger charge is 2.14. The van der Waals surface area contributed by atoms with E-state index in [4.69, 9.17) is 10.5 Å². The Balaban J connectivity index is 1.74. The highest BCUT2D eigenvalue weighted by molar-refractivity contribution is 5.93. The number of ether oxygens (including phenoxy) is 1. The van der Waals surface area contributed by atoms with Crippen LogP contribution in [0.1, 0.15) is 25.3 Å². The quantitative estimate of drug-likeness (QED) is 0.545. The molecule has 1 fully saturated rings. The van der Waals surface area contributed by atoms with Crippen LogP contribution in [0.25, 0.3) is 0 Å². The average molecular weight is 304 g/mol. The first-order valence-electron chi connectivity index (χ1n) is 7.71. The minimum Gasteiger partial charge on any atom is -0.376 e. The predicted octanol–water partition coefficient (Wildman–Crippen LogP) is 1.27. The van der Waals surface area contributed by atoms with E-state index in [1.54, 1.807) is 0 Å². The van der Waals surface area contributed by atoms with Gasteiger partial charge in [-0.2, -0.15) is 0 Å². The molecule has 22 heavy (non-hydrogen) atoms. The number of aliphatic imine (C=N–C) groups is 1. The normalized spacial score (nSPS) is 18.2. The van der Waals surface area contributed by atoms with Crippen LogP contribution in [0, 0.1) is 0 Å². The summed E-state index contributed by atoms with van der Waals surface area (Å²) in [5.74, 6) is 0.0862. The number of carbonyl (C=O) groups is 1. The summed E-state index contributed by atoms with van der Waals surface area (Å²) in [6.45, 7) is 3.52. The van der Waals surface area contributed by atoms with Crippen LogP contribution >= 0.6 is 0 Å². The van der Waals surface area contributed by atoms with Crippen LogP contribution in [-0.4, -0.2) is 37.7 Å². The molecule has 1 aromatic carbocycles. The Labute approximate surface area is 131 Å². The lowest BCUT2D eigenvalue weighted by Crippen LogP contribution is -2.37. The maximum Gasteiger partial charge on any atom is 0.246 e. The van der Waals surface area contributed by atoms with Crippen LogP contribution < -0.4 is 16.4 Å². The molecule has 6 heteroatoms. The number of hydrogen-bond acceptors (Lipinski definition) is 3. The van der Waals surface area contributed by atoms with Gasteiger partial charge >= 0.3 is 0 Å². The lowest BCUT2D eigenvalue weighted by atomic mass is 10.1. The Morgan fingerprint density at radius 3 is 3.09 bits per heavy atom. The van der Waals surface area contributed by atoms with Gasteiger partial charge in [-0.15, -0.1) is 0 Å². The largest absolute Gasteiger partial charge is 0.376 e. The molecule has 1 saturated heterocycles. The van der Waals surface area contributed by atoms with Crippen LogP contribution in [0.15, 0.2) is 29.3 Å². The van der Waals surface area contributed by atoms with Gasteiger partial charge in [0.05, 0.1) is 6.10 Å². The monoisotopic (exact) mass is 304 g/mol. The van der Waals surface area contributed by atoms with Crippen LogP contribution in [0.2, 0.25) is 0 Å². The van der Waals surface area contributed by atoms with Crippen molar-refractivity contribution < 1.29 is 9.53 Å². The number of rotatable bonds is 6. The molecular formula is C16H24N4O2. The topological polar surface area (TPSA) is 88.7 Å². The first-order valence-corrected chi connectivity index (χ1v) is 7.71. The fraction of sp³-hybridized carbons (Fsp3) is 0.500. The Hall–Kier alpha value is -2.08. The van der Waals surface area contributed by atoms with Crippen molar-refractivity contribution in [2.75, 3.05) is 25.0 Å². The van der Waals surface area contributed by atoms with Gasteiger partial charge in [0.25, 0.3) is 0 Å². The van der Waals surface area contributed by atoms with Gasteiger partial charge in [0, 0.05) is 18.8 Å². The molecule has 0 radical (unpaired) electrons. The van der Waals surface area contributed by atoms with Gasteiger partial charge in [0.15, 0.2) is 5.96 Å². The van der Waals surface area contributed by atoms with Gasteiger partial charge in [0.1, 0.15) is 6.54 Å². The molecule has 1 amide bonds. The second-order valence-corrected chi connectivity index (χ2v) is 5.32. The van der Waals surface area contributed by atoms with Gasteiger partial charge in [-0.3, -0.25) is 4.79 Å². The van der Waals surface area contributed by atoms with E-state index in [1.807, 2.05) is 24.3 Å². The predicted molar refractivity (Wildman–Crippen MR) is 87.9 cm³/mol.